The molecule has 0 heterocycles. The lowest BCUT2D eigenvalue weighted by Gasteiger charge is -2.14. The van der Waals surface area contributed by atoms with E-state index in [0.29, 0.717) is 17.9 Å². The molecule has 0 saturated heterocycles. The summed E-state index contributed by atoms with van der Waals surface area (Å²) in [6.45, 7) is 2.00. The molecule has 1 rings (SSSR count). The fraction of sp³-hybridized carbons (Fsp3) is 0.385. The Morgan fingerprint density at radius 3 is 2.68 bits per heavy atom. The van der Waals surface area contributed by atoms with Crippen LogP contribution < -0.4 is 21.5 Å². The Kier molecular flexibility index (Phi) is 5.81. The van der Waals surface area contributed by atoms with Crippen LogP contribution in [0, 0.1) is 0 Å². The van der Waals surface area contributed by atoms with Gasteiger partial charge in [0, 0.05) is 0 Å². The number of amides is 2. The Balaban J connectivity index is 2.67. The molecule has 6 nitrogen and oxygen atoms in total. The van der Waals surface area contributed by atoms with E-state index < -0.39 is 11.9 Å². The normalized spacial score (nSPS) is 11.7. The molecule has 0 aliphatic heterocycles. The number of benzene rings is 1. The minimum Gasteiger partial charge on any atom is -0.491 e. The lowest BCUT2D eigenvalue weighted by molar-refractivity contribution is -0.119. The first-order chi connectivity index (χ1) is 9.04. The van der Waals surface area contributed by atoms with E-state index in [0.717, 1.165) is 0 Å². The van der Waals surface area contributed by atoms with Crippen LogP contribution in [0.3, 0.4) is 0 Å². The molecule has 0 aromatic heterocycles. The summed E-state index contributed by atoms with van der Waals surface area (Å²) < 4.78 is 5.41. The summed E-state index contributed by atoms with van der Waals surface area (Å²) in [5, 5.41) is 2.69. The van der Waals surface area contributed by atoms with Gasteiger partial charge in [-0.3, -0.25) is 9.59 Å². The number of rotatable bonds is 7. The topological polar surface area (TPSA) is 107 Å². The highest BCUT2D eigenvalue weighted by molar-refractivity contribution is 5.95. The summed E-state index contributed by atoms with van der Waals surface area (Å²) in [7, 11) is 0. The molecule has 19 heavy (non-hydrogen) atoms. The van der Waals surface area contributed by atoms with Crippen LogP contribution in [0.4, 0.5) is 5.69 Å². The highest BCUT2D eigenvalue weighted by Crippen LogP contribution is 2.24. The van der Waals surface area contributed by atoms with Crippen molar-refractivity contribution in [3.05, 3.63) is 24.3 Å². The van der Waals surface area contributed by atoms with Gasteiger partial charge in [0.05, 0.1) is 24.8 Å². The Morgan fingerprint density at radius 1 is 1.37 bits per heavy atom. The average molecular weight is 265 g/mol. The molecule has 0 radical (unpaired) electrons. The smallest absolute Gasteiger partial charge is 0.241 e. The van der Waals surface area contributed by atoms with E-state index in [2.05, 4.69) is 5.32 Å². The molecule has 0 saturated carbocycles. The van der Waals surface area contributed by atoms with Crippen molar-refractivity contribution in [2.45, 2.75) is 25.8 Å². The predicted molar refractivity (Wildman–Crippen MR) is 72.6 cm³/mol. The Labute approximate surface area is 112 Å². The van der Waals surface area contributed by atoms with Crippen LogP contribution in [0.1, 0.15) is 19.8 Å². The molecule has 0 fully saturated rings. The molecule has 0 aliphatic rings. The molecule has 0 aliphatic carbocycles. The fourth-order valence-corrected chi connectivity index (χ4v) is 1.37. The lowest BCUT2D eigenvalue weighted by Crippen LogP contribution is -2.34. The van der Waals surface area contributed by atoms with Gasteiger partial charge in [-0.15, -0.1) is 0 Å². The molecule has 1 unspecified atom stereocenters. The average Bonchev–Trinajstić information content (AvgIpc) is 2.39. The molecule has 6 heteroatoms. The van der Waals surface area contributed by atoms with Crippen LogP contribution in [0.25, 0.3) is 0 Å². The van der Waals surface area contributed by atoms with Gasteiger partial charge in [0.25, 0.3) is 0 Å². The standard InChI is InChI=1S/C13H19N3O3/c1-2-9(14)13(18)16-10-5-3-4-6-11(10)19-8-7-12(15)17/h3-6,9H,2,7-8,14H2,1H3,(H2,15,17)(H,16,18). The second kappa shape index (κ2) is 7.38. The second-order valence-electron chi connectivity index (χ2n) is 4.06. The van der Waals surface area contributed by atoms with Crippen molar-refractivity contribution in [1.82, 2.24) is 0 Å². The first kappa shape index (κ1) is 15.0. The van der Waals surface area contributed by atoms with Crippen molar-refractivity contribution < 1.29 is 14.3 Å². The number of carbonyl (C=O) groups excluding carboxylic acids is 2. The third-order valence-electron chi connectivity index (χ3n) is 2.53. The molecule has 2 amide bonds. The lowest BCUT2D eigenvalue weighted by atomic mass is 10.2. The van der Waals surface area contributed by atoms with E-state index in [4.69, 9.17) is 16.2 Å². The third kappa shape index (κ3) is 4.97. The minimum absolute atomic E-state index is 0.122. The number of anilines is 1. The number of carbonyl (C=O) groups is 2. The molecule has 1 atom stereocenters. The summed E-state index contributed by atoms with van der Waals surface area (Å²) in [4.78, 5) is 22.3. The van der Waals surface area contributed by atoms with Gasteiger partial charge in [0.2, 0.25) is 11.8 Å². The molecule has 1 aromatic rings. The van der Waals surface area contributed by atoms with E-state index in [-0.39, 0.29) is 18.9 Å². The van der Waals surface area contributed by atoms with Gasteiger partial charge >= 0.3 is 0 Å². The minimum atomic E-state index is -0.557. The summed E-state index contributed by atoms with van der Waals surface area (Å²) in [5.74, 6) is -0.219. The van der Waals surface area contributed by atoms with E-state index in [9.17, 15) is 9.59 Å². The van der Waals surface area contributed by atoms with E-state index in [1.165, 1.54) is 0 Å². The highest BCUT2D eigenvalue weighted by atomic mass is 16.5. The van der Waals surface area contributed by atoms with Crippen molar-refractivity contribution in [1.29, 1.82) is 0 Å². The molecule has 5 N–H and O–H groups in total. The number of para-hydroxylation sites is 2. The molecule has 104 valence electrons. The largest absolute Gasteiger partial charge is 0.491 e. The van der Waals surface area contributed by atoms with Crippen molar-refractivity contribution in [2.75, 3.05) is 11.9 Å². The summed E-state index contributed by atoms with van der Waals surface area (Å²) >= 11 is 0. The number of hydrogen-bond acceptors (Lipinski definition) is 4. The van der Waals surface area contributed by atoms with Gasteiger partial charge in [-0.25, -0.2) is 0 Å². The maximum absolute atomic E-state index is 11.7. The Morgan fingerprint density at radius 2 is 2.05 bits per heavy atom. The van der Waals surface area contributed by atoms with Crippen molar-refractivity contribution in [3.8, 4) is 5.75 Å². The zero-order chi connectivity index (χ0) is 14.3. The number of ether oxygens (including phenoxy) is 1. The number of nitrogens with one attached hydrogen (secondary N) is 1. The molecular weight excluding hydrogens is 246 g/mol. The van der Waals surface area contributed by atoms with Crippen LogP contribution in [0.2, 0.25) is 0 Å². The zero-order valence-electron chi connectivity index (χ0n) is 10.9. The van der Waals surface area contributed by atoms with Crippen molar-refractivity contribution in [2.24, 2.45) is 11.5 Å². The predicted octanol–water partition coefficient (Wildman–Crippen LogP) is 0.617. The highest BCUT2D eigenvalue weighted by Gasteiger charge is 2.13. The van der Waals surface area contributed by atoms with Gasteiger partial charge in [0.1, 0.15) is 5.75 Å². The first-order valence-corrected chi connectivity index (χ1v) is 6.11. The van der Waals surface area contributed by atoms with Gasteiger partial charge < -0.3 is 21.5 Å². The summed E-state index contributed by atoms with van der Waals surface area (Å²) in [6.07, 6.45) is 0.674. The molecule has 1 aromatic carbocycles. The Hall–Kier alpha value is -2.08. The zero-order valence-corrected chi connectivity index (χ0v) is 10.9. The number of hydrogen-bond donors (Lipinski definition) is 3. The number of nitrogens with two attached hydrogens (primary N) is 2. The van der Waals surface area contributed by atoms with Crippen LogP contribution >= 0.6 is 0 Å². The quantitative estimate of drug-likeness (QED) is 0.671. The van der Waals surface area contributed by atoms with E-state index in [1.807, 2.05) is 6.92 Å². The first-order valence-electron chi connectivity index (χ1n) is 6.11. The van der Waals surface area contributed by atoms with E-state index in [1.54, 1.807) is 24.3 Å². The second-order valence-corrected chi connectivity index (χ2v) is 4.06. The van der Waals surface area contributed by atoms with Gasteiger partial charge in [-0.2, -0.15) is 0 Å². The van der Waals surface area contributed by atoms with Crippen LogP contribution in [0.5, 0.6) is 5.75 Å². The molecule has 0 bridgehead atoms. The Bertz CT molecular complexity index is 449. The van der Waals surface area contributed by atoms with Crippen molar-refractivity contribution in [3.63, 3.8) is 0 Å². The van der Waals surface area contributed by atoms with Crippen LogP contribution in [0.15, 0.2) is 24.3 Å². The molecule has 0 spiro atoms. The third-order valence-corrected chi connectivity index (χ3v) is 2.53. The van der Waals surface area contributed by atoms with Crippen LogP contribution in [-0.2, 0) is 9.59 Å². The van der Waals surface area contributed by atoms with Gasteiger partial charge in [0.15, 0.2) is 0 Å². The van der Waals surface area contributed by atoms with Gasteiger partial charge in [-0.05, 0) is 18.6 Å². The van der Waals surface area contributed by atoms with Crippen LogP contribution in [-0.4, -0.2) is 24.5 Å². The maximum atomic E-state index is 11.7. The SMILES string of the molecule is CCC(N)C(=O)Nc1ccccc1OCCC(N)=O. The fourth-order valence-electron chi connectivity index (χ4n) is 1.37. The summed E-state index contributed by atoms with van der Waals surface area (Å²) in [6, 6.07) is 6.40. The monoisotopic (exact) mass is 265 g/mol. The van der Waals surface area contributed by atoms with Gasteiger partial charge in [-0.1, -0.05) is 19.1 Å². The number of primary amides is 1. The van der Waals surface area contributed by atoms with E-state index >= 15 is 0 Å². The van der Waals surface area contributed by atoms with Crippen molar-refractivity contribution >= 4 is 17.5 Å². The summed E-state index contributed by atoms with van der Waals surface area (Å²) in [5.41, 5.74) is 11.2. The molecular formula is C13H19N3O3. The maximum Gasteiger partial charge on any atom is 0.241 e.